The van der Waals surface area contributed by atoms with Crippen molar-refractivity contribution in [3.05, 3.63) is 83.9 Å². The smallest absolute Gasteiger partial charge is 0.0604 e. The van der Waals surface area contributed by atoms with Gasteiger partial charge in [-0.15, -0.1) is 0 Å². The van der Waals surface area contributed by atoms with Gasteiger partial charge >= 0.3 is 0 Å². The number of hydrogen-bond donors (Lipinski definition) is 0. The van der Waals surface area contributed by atoms with E-state index in [-0.39, 0.29) is 0 Å². The molecule has 0 radical (unpaired) electrons. The third-order valence-electron chi connectivity index (χ3n) is 5.20. The zero-order chi connectivity index (χ0) is 17.0. The second-order valence-corrected chi connectivity index (χ2v) is 12.6. The van der Waals surface area contributed by atoms with Gasteiger partial charge in [-0.3, -0.25) is 0 Å². The summed E-state index contributed by atoms with van der Waals surface area (Å²) < 4.78 is 0. The van der Waals surface area contributed by atoms with E-state index in [1.807, 2.05) is 0 Å². The van der Waals surface area contributed by atoms with Crippen LogP contribution in [0, 0.1) is 0 Å². The third kappa shape index (κ3) is 3.62. The number of benzene rings is 3. The summed E-state index contributed by atoms with van der Waals surface area (Å²) in [4.78, 5) is 0. The van der Waals surface area contributed by atoms with Gasteiger partial charge < -0.3 is 0 Å². The number of fused-ring (bicyclic) bond motifs is 1. The average molecular weight is 333 g/mol. The van der Waals surface area contributed by atoms with Gasteiger partial charge in [0.15, 0.2) is 0 Å². The maximum atomic E-state index is 2.56. The minimum Gasteiger partial charge on any atom is -0.0686 e. The van der Waals surface area contributed by atoms with E-state index in [4.69, 9.17) is 0 Å². The van der Waals surface area contributed by atoms with Gasteiger partial charge in [-0.25, -0.2) is 0 Å². The molecule has 0 aromatic heterocycles. The molecule has 0 saturated carbocycles. The van der Waals surface area contributed by atoms with Gasteiger partial charge in [0.2, 0.25) is 0 Å². The Morgan fingerprint density at radius 3 is 2.12 bits per heavy atom. The molecule has 0 spiro atoms. The molecule has 0 aliphatic carbocycles. The molecule has 0 aliphatic rings. The van der Waals surface area contributed by atoms with Gasteiger partial charge in [-0.1, -0.05) is 112 Å². The van der Waals surface area contributed by atoms with Gasteiger partial charge in [0, 0.05) is 5.54 Å². The van der Waals surface area contributed by atoms with Crippen molar-refractivity contribution in [3.63, 3.8) is 0 Å². The molecule has 0 nitrogen and oxygen atoms in total. The Balaban J connectivity index is 2.09. The average Bonchev–Trinajstić information content (AvgIpc) is 2.61. The van der Waals surface area contributed by atoms with E-state index in [0.29, 0.717) is 5.54 Å². The van der Waals surface area contributed by atoms with E-state index >= 15 is 0 Å². The lowest BCUT2D eigenvalue weighted by Gasteiger charge is -2.34. The topological polar surface area (TPSA) is 0 Å². The van der Waals surface area contributed by atoms with Crippen LogP contribution in [-0.4, -0.2) is 8.07 Å². The molecule has 0 fully saturated rings. The van der Waals surface area contributed by atoms with Crippen molar-refractivity contribution in [2.75, 3.05) is 0 Å². The lowest BCUT2D eigenvalue weighted by Crippen LogP contribution is -2.35. The van der Waals surface area contributed by atoms with Crippen LogP contribution in [0.2, 0.25) is 19.1 Å². The maximum Gasteiger partial charge on any atom is 0.0604 e. The zero-order valence-electron chi connectivity index (χ0n) is 15.1. The van der Waals surface area contributed by atoms with Crippen molar-refractivity contribution in [1.82, 2.24) is 0 Å². The number of rotatable bonds is 6. The predicted molar refractivity (Wildman–Crippen MR) is 109 cm³/mol. The van der Waals surface area contributed by atoms with Crippen LogP contribution >= 0.6 is 0 Å². The van der Waals surface area contributed by atoms with E-state index in [1.54, 1.807) is 0 Å². The Hall–Kier alpha value is -1.86. The summed E-state index contributed by atoms with van der Waals surface area (Å²) in [6, 6.07) is 28.3. The highest BCUT2D eigenvalue weighted by Gasteiger charge is 2.33. The minimum atomic E-state index is -1.42. The molecule has 3 rings (SSSR count). The molecule has 1 atom stereocenters. The fourth-order valence-corrected chi connectivity index (χ4v) is 7.63. The molecule has 0 amide bonds. The van der Waals surface area contributed by atoms with Crippen LogP contribution in [0.25, 0.3) is 10.8 Å². The van der Waals surface area contributed by atoms with E-state index in [2.05, 4.69) is 92.8 Å². The Morgan fingerprint density at radius 2 is 1.42 bits per heavy atom. The first-order valence-electron chi connectivity index (χ1n) is 9.15. The Kier molecular flexibility index (Phi) is 5.20. The quantitative estimate of drug-likeness (QED) is 0.425. The Bertz CT molecular complexity index is 789. The summed E-state index contributed by atoms with van der Waals surface area (Å²) in [7, 11) is -1.42. The van der Waals surface area contributed by atoms with Crippen molar-refractivity contribution >= 4 is 18.8 Å². The standard InChI is InChI=1S/C23H28Si/c1-4-5-17-24(2,3)23(20-12-7-6-8-13-20)22-16-15-19-11-9-10-14-21(19)18-22/h6-16,18,23H,4-5,17H2,1-3H3. The first-order chi connectivity index (χ1) is 11.6. The highest BCUT2D eigenvalue weighted by Crippen LogP contribution is 2.38. The number of unbranched alkanes of at least 4 members (excludes halogenated alkanes) is 1. The van der Waals surface area contributed by atoms with Gasteiger partial charge in [-0.2, -0.15) is 0 Å². The van der Waals surface area contributed by atoms with Crippen molar-refractivity contribution in [2.24, 2.45) is 0 Å². The molecule has 24 heavy (non-hydrogen) atoms. The molecule has 0 saturated heterocycles. The summed E-state index contributed by atoms with van der Waals surface area (Å²) >= 11 is 0. The highest BCUT2D eigenvalue weighted by molar-refractivity contribution is 6.79. The van der Waals surface area contributed by atoms with Gasteiger partial charge in [0.05, 0.1) is 8.07 Å². The molecule has 0 heterocycles. The zero-order valence-corrected chi connectivity index (χ0v) is 16.1. The SMILES string of the molecule is CCCC[Si](C)(C)C(c1ccccc1)c1ccc2ccccc2c1. The monoisotopic (exact) mass is 332 g/mol. The van der Waals surface area contributed by atoms with Crippen LogP contribution in [0.5, 0.6) is 0 Å². The van der Waals surface area contributed by atoms with Gasteiger partial charge in [-0.05, 0) is 21.9 Å². The lowest BCUT2D eigenvalue weighted by molar-refractivity contribution is 0.853. The van der Waals surface area contributed by atoms with E-state index in [1.165, 1.54) is 40.8 Å². The fourth-order valence-electron chi connectivity index (χ4n) is 3.90. The van der Waals surface area contributed by atoms with Crippen LogP contribution in [-0.2, 0) is 0 Å². The van der Waals surface area contributed by atoms with Crippen molar-refractivity contribution < 1.29 is 0 Å². The van der Waals surface area contributed by atoms with E-state index in [0.717, 1.165) is 0 Å². The molecule has 0 N–H and O–H groups in total. The summed E-state index contributed by atoms with van der Waals surface area (Å²) in [5.74, 6) is 0. The largest absolute Gasteiger partial charge is 0.0686 e. The summed E-state index contributed by atoms with van der Waals surface area (Å²) in [6.45, 7) is 7.43. The van der Waals surface area contributed by atoms with Crippen LogP contribution in [0.1, 0.15) is 36.4 Å². The van der Waals surface area contributed by atoms with Crippen molar-refractivity contribution in [1.29, 1.82) is 0 Å². The Morgan fingerprint density at radius 1 is 0.750 bits per heavy atom. The maximum absolute atomic E-state index is 2.56. The molecule has 0 aliphatic heterocycles. The normalized spacial score (nSPS) is 13.1. The molecule has 1 heteroatoms. The molecule has 1 unspecified atom stereocenters. The lowest BCUT2D eigenvalue weighted by atomic mass is 10.0. The van der Waals surface area contributed by atoms with E-state index < -0.39 is 8.07 Å². The summed E-state index contributed by atoms with van der Waals surface area (Å²) in [5, 5.41) is 2.69. The molecular weight excluding hydrogens is 304 g/mol. The molecular formula is C23H28Si. The van der Waals surface area contributed by atoms with Crippen molar-refractivity contribution in [2.45, 2.75) is 44.4 Å². The Labute approximate surface area is 147 Å². The fraction of sp³-hybridized carbons (Fsp3) is 0.304. The summed E-state index contributed by atoms with van der Waals surface area (Å²) in [6.07, 6.45) is 2.63. The number of hydrogen-bond acceptors (Lipinski definition) is 0. The van der Waals surface area contributed by atoms with Gasteiger partial charge in [0.25, 0.3) is 0 Å². The molecule has 3 aromatic rings. The first-order valence-corrected chi connectivity index (χ1v) is 12.4. The van der Waals surface area contributed by atoms with Crippen LogP contribution in [0.4, 0.5) is 0 Å². The second-order valence-electron chi connectivity index (χ2n) is 7.54. The predicted octanol–water partition coefficient (Wildman–Crippen LogP) is 7.02. The third-order valence-corrected chi connectivity index (χ3v) is 9.07. The minimum absolute atomic E-state index is 0.565. The molecule has 3 aromatic carbocycles. The molecule has 0 bridgehead atoms. The molecule has 124 valence electrons. The van der Waals surface area contributed by atoms with Crippen LogP contribution < -0.4 is 0 Å². The van der Waals surface area contributed by atoms with E-state index in [9.17, 15) is 0 Å². The van der Waals surface area contributed by atoms with Crippen molar-refractivity contribution in [3.8, 4) is 0 Å². The highest BCUT2D eigenvalue weighted by atomic mass is 28.3. The summed E-state index contributed by atoms with van der Waals surface area (Å²) in [5.41, 5.74) is 3.54. The van der Waals surface area contributed by atoms with Crippen LogP contribution in [0.3, 0.4) is 0 Å². The second kappa shape index (κ2) is 7.35. The first kappa shape index (κ1) is 17.0. The van der Waals surface area contributed by atoms with Crippen LogP contribution in [0.15, 0.2) is 72.8 Å². The van der Waals surface area contributed by atoms with Gasteiger partial charge in [0.1, 0.15) is 0 Å².